The molecule has 0 aromatic heterocycles. The van der Waals surface area contributed by atoms with E-state index in [4.69, 9.17) is 5.73 Å². The van der Waals surface area contributed by atoms with Gasteiger partial charge in [0.2, 0.25) is 0 Å². The van der Waals surface area contributed by atoms with Crippen LogP contribution in [0.4, 0.5) is 26.3 Å². The Morgan fingerprint density at radius 1 is 1.00 bits per heavy atom. The van der Waals surface area contributed by atoms with Crippen LogP contribution in [0.5, 0.6) is 0 Å². The SMILES string of the molecule is NC1(c2ccc(F)c(F)c2F)CCC(C(F)(F)F)CC1. The zero-order chi connectivity index (χ0) is 15.1. The number of hydrogen-bond acceptors (Lipinski definition) is 1. The van der Waals surface area contributed by atoms with Gasteiger partial charge in [-0.15, -0.1) is 0 Å². The maximum Gasteiger partial charge on any atom is 0.391 e. The molecule has 2 rings (SSSR count). The molecule has 0 radical (unpaired) electrons. The molecule has 1 aromatic rings. The lowest BCUT2D eigenvalue weighted by Gasteiger charge is -2.38. The molecule has 2 N–H and O–H groups in total. The van der Waals surface area contributed by atoms with Gasteiger partial charge in [0.05, 0.1) is 5.92 Å². The van der Waals surface area contributed by atoms with E-state index in [1.807, 2.05) is 0 Å². The molecule has 0 atom stereocenters. The number of alkyl halides is 3. The molecule has 0 unspecified atom stereocenters. The molecular weight excluding hydrogens is 284 g/mol. The third-order valence-corrected chi connectivity index (χ3v) is 3.91. The van der Waals surface area contributed by atoms with Crippen LogP contribution in [0.3, 0.4) is 0 Å². The van der Waals surface area contributed by atoms with Crippen LogP contribution in [0.1, 0.15) is 31.2 Å². The van der Waals surface area contributed by atoms with Crippen molar-refractivity contribution in [2.45, 2.75) is 37.4 Å². The van der Waals surface area contributed by atoms with E-state index in [9.17, 15) is 26.3 Å². The van der Waals surface area contributed by atoms with Gasteiger partial charge in [0.1, 0.15) is 0 Å². The Labute approximate surface area is 111 Å². The highest BCUT2D eigenvalue weighted by Gasteiger charge is 2.46. The first-order chi connectivity index (χ1) is 9.15. The van der Waals surface area contributed by atoms with Gasteiger partial charge in [0.15, 0.2) is 17.5 Å². The summed E-state index contributed by atoms with van der Waals surface area (Å²) in [5.74, 6) is -5.89. The van der Waals surface area contributed by atoms with E-state index in [1.165, 1.54) is 0 Å². The van der Waals surface area contributed by atoms with Gasteiger partial charge in [0.25, 0.3) is 0 Å². The second kappa shape index (κ2) is 4.95. The number of hydrogen-bond donors (Lipinski definition) is 1. The van der Waals surface area contributed by atoms with Gasteiger partial charge in [0, 0.05) is 11.1 Å². The maximum atomic E-state index is 13.7. The quantitative estimate of drug-likeness (QED) is 0.615. The van der Waals surface area contributed by atoms with Crippen molar-refractivity contribution in [3.63, 3.8) is 0 Å². The minimum atomic E-state index is -4.31. The molecule has 1 nitrogen and oxygen atoms in total. The van der Waals surface area contributed by atoms with Crippen molar-refractivity contribution in [1.29, 1.82) is 0 Å². The van der Waals surface area contributed by atoms with E-state index in [2.05, 4.69) is 0 Å². The summed E-state index contributed by atoms with van der Waals surface area (Å²) in [4.78, 5) is 0. The maximum absolute atomic E-state index is 13.7. The van der Waals surface area contributed by atoms with Gasteiger partial charge in [-0.2, -0.15) is 13.2 Å². The lowest BCUT2D eigenvalue weighted by molar-refractivity contribution is -0.184. The summed E-state index contributed by atoms with van der Waals surface area (Å²) in [6.45, 7) is 0. The Hall–Kier alpha value is -1.24. The van der Waals surface area contributed by atoms with Crippen molar-refractivity contribution >= 4 is 0 Å². The van der Waals surface area contributed by atoms with E-state index >= 15 is 0 Å². The summed E-state index contributed by atoms with van der Waals surface area (Å²) in [7, 11) is 0. The molecule has 1 fully saturated rings. The molecule has 0 bridgehead atoms. The molecular formula is C13H13F6N. The topological polar surface area (TPSA) is 26.0 Å². The van der Waals surface area contributed by atoms with Crippen LogP contribution < -0.4 is 5.73 Å². The molecule has 20 heavy (non-hydrogen) atoms. The van der Waals surface area contributed by atoms with Crippen molar-refractivity contribution in [2.75, 3.05) is 0 Å². The molecule has 1 aromatic carbocycles. The Morgan fingerprint density at radius 3 is 2.05 bits per heavy atom. The van der Waals surface area contributed by atoms with Crippen LogP contribution in [0.15, 0.2) is 12.1 Å². The number of benzene rings is 1. The van der Waals surface area contributed by atoms with Crippen LogP contribution in [0, 0.1) is 23.4 Å². The summed E-state index contributed by atoms with van der Waals surface area (Å²) in [5, 5.41) is 0. The first-order valence-corrected chi connectivity index (χ1v) is 6.15. The van der Waals surface area contributed by atoms with Gasteiger partial charge in [-0.25, -0.2) is 13.2 Å². The van der Waals surface area contributed by atoms with Crippen LogP contribution in [-0.2, 0) is 5.54 Å². The summed E-state index contributed by atoms with van der Waals surface area (Å²) in [5.41, 5.74) is 4.25. The minimum Gasteiger partial charge on any atom is -0.321 e. The molecule has 0 heterocycles. The van der Waals surface area contributed by atoms with Crippen molar-refractivity contribution < 1.29 is 26.3 Å². The summed E-state index contributed by atoms with van der Waals surface area (Å²) in [6.07, 6.45) is -5.07. The number of nitrogens with two attached hydrogens (primary N) is 1. The zero-order valence-electron chi connectivity index (χ0n) is 10.4. The van der Waals surface area contributed by atoms with Crippen LogP contribution in [0.2, 0.25) is 0 Å². The number of rotatable bonds is 1. The fraction of sp³-hybridized carbons (Fsp3) is 0.538. The molecule has 1 aliphatic rings. The highest BCUT2D eigenvalue weighted by molar-refractivity contribution is 5.28. The highest BCUT2D eigenvalue weighted by Crippen LogP contribution is 2.44. The molecule has 1 saturated carbocycles. The van der Waals surface area contributed by atoms with Crippen molar-refractivity contribution in [2.24, 2.45) is 11.7 Å². The summed E-state index contributed by atoms with van der Waals surface area (Å²) >= 11 is 0. The Morgan fingerprint density at radius 2 is 1.55 bits per heavy atom. The fourth-order valence-corrected chi connectivity index (χ4v) is 2.64. The van der Waals surface area contributed by atoms with Gasteiger partial charge in [-0.1, -0.05) is 6.07 Å². The molecule has 0 amide bonds. The largest absolute Gasteiger partial charge is 0.391 e. The zero-order valence-corrected chi connectivity index (χ0v) is 10.4. The van der Waals surface area contributed by atoms with E-state index in [0.29, 0.717) is 0 Å². The second-order valence-corrected chi connectivity index (χ2v) is 5.19. The monoisotopic (exact) mass is 297 g/mol. The smallest absolute Gasteiger partial charge is 0.321 e. The van der Waals surface area contributed by atoms with E-state index in [0.717, 1.165) is 12.1 Å². The average Bonchev–Trinajstić information content (AvgIpc) is 2.35. The lowest BCUT2D eigenvalue weighted by atomic mass is 9.73. The second-order valence-electron chi connectivity index (χ2n) is 5.19. The van der Waals surface area contributed by atoms with Crippen LogP contribution >= 0.6 is 0 Å². The predicted molar refractivity (Wildman–Crippen MR) is 60.2 cm³/mol. The molecule has 7 heteroatoms. The fourth-order valence-electron chi connectivity index (χ4n) is 2.64. The van der Waals surface area contributed by atoms with Gasteiger partial charge in [-0.05, 0) is 31.7 Å². The Bertz CT molecular complexity index is 502. The van der Waals surface area contributed by atoms with Crippen LogP contribution in [-0.4, -0.2) is 6.18 Å². The van der Waals surface area contributed by atoms with Gasteiger partial charge >= 0.3 is 6.18 Å². The van der Waals surface area contributed by atoms with Crippen molar-refractivity contribution in [1.82, 2.24) is 0 Å². The van der Waals surface area contributed by atoms with E-state index in [1.54, 1.807) is 0 Å². The minimum absolute atomic E-state index is 0.126. The first kappa shape index (κ1) is 15.2. The predicted octanol–water partition coefficient (Wildman–Crippen LogP) is 4.01. The standard InChI is InChI=1S/C13H13F6N/c14-9-2-1-8(10(15)11(9)16)12(20)5-3-7(4-6-12)13(17,18)19/h1-2,7H,3-6,20H2. The van der Waals surface area contributed by atoms with E-state index < -0.39 is 35.1 Å². The third kappa shape index (κ3) is 2.63. The van der Waals surface area contributed by atoms with E-state index in [-0.39, 0.29) is 31.2 Å². The Kier molecular flexibility index (Phi) is 3.75. The average molecular weight is 297 g/mol. The highest BCUT2D eigenvalue weighted by atomic mass is 19.4. The lowest BCUT2D eigenvalue weighted by Crippen LogP contribution is -2.43. The molecule has 0 spiro atoms. The molecule has 1 aliphatic carbocycles. The van der Waals surface area contributed by atoms with Gasteiger partial charge < -0.3 is 5.73 Å². The molecule has 112 valence electrons. The number of halogens is 6. The summed E-state index contributed by atoms with van der Waals surface area (Å²) in [6, 6.07) is 1.74. The third-order valence-electron chi connectivity index (χ3n) is 3.91. The summed E-state index contributed by atoms with van der Waals surface area (Å²) < 4.78 is 77.5. The molecule has 0 saturated heterocycles. The molecule has 0 aliphatic heterocycles. The van der Waals surface area contributed by atoms with Gasteiger partial charge in [-0.3, -0.25) is 0 Å². The van der Waals surface area contributed by atoms with Crippen molar-refractivity contribution in [3.05, 3.63) is 35.1 Å². The first-order valence-electron chi connectivity index (χ1n) is 6.15. The Balaban J connectivity index is 2.25. The normalized spacial score (nSPS) is 27.6. The van der Waals surface area contributed by atoms with Crippen LogP contribution in [0.25, 0.3) is 0 Å². The van der Waals surface area contributed by atoms with Crippen molar-refractivity contribution in [3.8, 4) is 0 Å².